The van der Waals surface area contributed by atoms with Crippen LogP contribution in [0.3, 0.4) is 0 Å². The minimum Gasteiger partial charge on any atom is -0.507 e. The first-order valence-corrected chi connectivity index (χ1v) is 10.7. The average molecular weight is 460 g/mol. The summed E-state index contributed by atoms with van der Waals surface area (Å²) in [4.78, 5) is 12.5. The van der Waals surface area contributed by atoms with E-state index in [0.717, 1.165) is 37.0 Å². The Morgan fingerprint density at radius 3 is 2.33 bits per heavy atom. The zero-order valence-corrected chi connectivity index (χ0v) is 18.8. The number of phenolic OH excluding ortho intramolecular Hbond substituents is 1. The first kappa shape index (κ1) is 24.4. The molecule has 0 bridgehead atoms. The van der Waals surface area contributed by atoms with E-state index in [9.17, 15) is 23.1 Å². The van der Waals surface area contributed by atoms with E-state index in [1.54, 1.807) is 18.2 Å². The standard InChI is InChI=1S/C26H27F3O4/c1-16(2)7-14-21-22(33-20-5-4-6-20)15-18(23(24(21)30)25(31)32-3)11-8-17-9-12-19(13-10-17)26(27,28)29/h7-13,15,20,30H,4-6,14H2,1-3H3. The topological polar surface area (TPSA) is 55.8 Å². The number of rotatable bonds is 7. The van der Waals surface area contributed by atoms with Gasteiger partial charge in [-0.2, -0.15) is 13.2 Å². The van der Waals surface area contributed by atoms with Crippen molar-refractivity contribution in [3.63, 3.8) is 0 Å². The van der Waals surface area contributed by atoms with Gasteiger partial charge < -0.3 is 14.6 Å². The first-order valence-electron chi connectivity index (χ1n) is 10.7. The molecule has 1 aliphatic rings. The predicted molar refractivity (Wildman–Crippen MR) is 121 cm³/mol. The van der Waals surface area contributed by atoms with Crippen LogP contribution in [0.25, 0.3) is 12.2 Å². The van der Waals surface area contributed by atoms with Crippen molar-refractivity contribution in [2.45, 2.75) is 51.8 Å². The Kier molecular flexibility index (Phi) is 7.51. The third-order valence-electron chi connectivity index (χ3n) is 5.54. The maximum absolute atomic E-state index is 12.8. The Bertz CT molecular complexity index is 1060. The van der Waals surface area contributed by atoms with Crippen LogP contribution in [-0.4, -0.2) is 24.3 Å². The molecule has 176 valence electrons. The second-order valence-electron chi connectivity index (χ2n) is 8.27. The number of methoxy groups -OCH3 is 1. The van der Waals surface area contributed by atoms with E-state index in [-0.39, 0.29) is 17.4 Å². The van der Waals surface area contributed by atoms with Gasteiger partial charge in [0.05, 0.1) is 18.8 Å². The van der Waals surface area contributed by atoms with Gasteiger partial charge in [0.2, 0.25) is 0 Å². The lowest BCUT2D eigenvalue weighted by atomic mass is 9.94. The summed E-state index contributed by atoms with van der Waals surface area (Å²) in [5, 5.41) is 11.0. The molecule has 0 aromatic heterocycles. The number of alkyl halides is 3. The third-order valence-corrected chi connectivity index (χ3v) is 5.54. The molecule has 7 heteroatoms. The van der Waals surface area contributed by atoms with Crippen LogP contribution < -0.4 is 4.74 Å². The van der Waals surface area contributed by atoms with Crippen LogP contribution in [0.5, 0.6) is 11.5 Å². The molecule has 0 saturated heterocycles. The fraction of sp³-hybridized carbons (Fsp3) is 0.346. The van der Waals surface area contributed by atoms with Gasteiger partial charge in [-0.3, -0.25) is 0 Å². The van der Waals surface area contributed by atoms with Gasteiger partial charge >= 0.3 is 12.1 Å². The molecule has 1 fully saturated rings. The molecule has 2 aromatic rings. The number of aromatic hydroxyl groups is 1. The molecule has 0 aliphatic heterocycles. The lowest BCUT2D eigenvalue weighted by Gasteiger charge is -2.28. The van der Waals surface area contributed by atoms with Gasteiger partial charge in [-0.1, -0.05) is 35.9 Å². The third kappa shape index (κ3) is 5.97. The second kappa shape index (κ2) is 10.1. The van der Waals surface area contributed by atoms with E-state index in [1.165, 1.54) is 19.2 Å². The second-order valence-corrected chi connectivity index (χ2v) is 8.27. The van der Waals surface area contributed by atoms with Gasteiger partial charge in [-0.05, 0) is 68.9 Å². The van der Waals surface area contributed by atoms with Gasteiger partial charge in [-0.25, -0.2) is 4.79 Å². The largest absolute Gasteiger partial charge is 0.507 e. The van der Waals surface area contributed by atoms with Crippen LogP contribution in [0.4, 0.5) is 13.2 Å². The molecule has 33 heavy (non-hydrogen) atoms. The summed E-state index contributed by atoms with van der Waals surface area (Å²) in [7, 11) is 1.22. The number of hydrogen-bond donors (Lipinski definition) is 1. The van der Waals surface area contributed by atoms with Crippen molar-refractivity contribution in [1.82, 2.24) is 0 Å². The molecule has 0 unspecified atom stereocenters. The molecule has 0 radical (unpaired) electrons. The Labute approximate surface area is 191 Å². The van der Waals surface area contributed by atoms with E-state index in [0.29, 0.717) is 28.9 Å². The minimum absolute atomic E-state index is 0.0150. The number of carbonyl (C=O) groups excluding carboxylic acids is 1. The van der Waals surface area contributed by atoms with Gasteiger partial charge in [0.25, 0.3) is 0 Å². The normalized spacial score (nSPS) is 14.1. The van der Waals surface area contributed by atoms with Gasteiger partial charge in [0.1, 0.15) is 17.1 Å². The quantitative estimate of drug-likeness (QED) is 0.280. The van der Waals surface area contributed by atoms with Gasteiger partial charge in [-0.15, -0.1) is 0 Å². The van der Waals surface area contributed by atoms with Gasteiger partial charge in [0, 0.05) is 5.56 Å². The highest BCUT2D eigenvalue weighted by molar-refractivity contribution is 5.98. The number of allylic oxidation sites excluding steroid dienone is 2. The maximum Gasteiger partial charge on any atom is 0.416 e. The molecule has 0 heterocycles. The van der Waals surface area contributed by atoms with Crippen molar-refractivity contribution in [2.75, 3.05) is 7.11 Å². The Balaban J connectivity index is 2.05. The summed E-state index contributed by atoms with van der Waals surface area (Å²) in [5.74, 6) is -0.453. The fourth-order valence-electron chi connectivity index (χ4n) is 3.40. The van der Waals surface area contributed by atoms with Crippen molar-refractivity contribution in [1.29, 1.82) is 0 Å². The van der Waals surface area contributed by atoms with E-state index < -0.39 is 17.7 Å². The van der Waals surface area contributed by atoms with E-state index >= 15 is 0 Å². The minimum atomic E-state index is -4.42. The van der Waals surface area contributed by atoms with Crippen molar-refractivity contribution < 1.29 is 32.5 Å². The SMILES string of the molecule is COC(=O)c1c(C=Cc2ccc(C(F)(F)F)cc2)cc(OC2CCC2)c(CC=C(C)C)c1O. The van der Waals surface area contributed by atoms with Crippen LogP contribution >= 0.6 is 0 Å². The fourth-order valence-corrected chi connectivity index (χ4v) is 3.40. The molecule has 0 atom stereocenters. The Morgan fingerprint density at radius 2 is 1.82 bits per heavy atom. The molecule has 2 aromatic carbocycles. The summed E-state index contributed by atoms with van der Waals surface area (Å²) in [6, 6.07) is 6.34. The van der Waals surface area contributed by atoms with E-state index in [2.05, 4.69) is 0 Å². The number of esters is 1. The van der Waals surface area contributed by atoms with Crippen molar-refractivity contribution in [3.05, 3.63) is 69.8 Å². The molecule has 1 aliphatic carbocycles. The summed E-state index contributed by atoms with van der Waals surface area (Å²) in [6.45, 7) is 3.87. The van der Waals surface area contributed by atoms with Crippen molar-refractivity contribution in [2.24, 2.45) is 0 Å². The number of carbonyl (C=O) groups is 1. The number of benzene rings is 2. The van der Waals surface area contributed by atoms with Gasteiger partial charge in [0.15, 0.2) is 0 Å². The number of phenols is 1. The summed E-state index contributed by atoms with van der Waals surface area (Å²) < 4.78 is 49.4. The summed E-state index contributed by atoms with van der Waals surface area (Å²) in [5.41, 5.74) is 1.65. The van der Waals surface area contributed by atoms with Crippen molar-refractivity contribution in [3.8, 4) is 11.5 Å². The first-order chi connectivity index (χ1) is 15.6. The lowest BCUT2D eigenvalue weighted by molar-refractivity contribution is -0.137. The molecule has 1 saturated carbocycles. The average Bonchev–Trinajstić information content (AvgIpc) is 2.73. The molecule has 4 nitrogen and oxygen atoms in total. The van der Waals surface area contributed by atoms with Crippen molar-refractivity contribution >= 4 is 18.1 Å². The van der Waals surface area contributed by atoms with Crippen LogP contribution in [0.15, 0.2) is 42.0 Å². The van der Waals surface area contributed by atoms with Crippen LogP contribution in [0, 0.1) is 0 Å². The van der Waals surface area contributed by atoms with E-state index in [4.69, 9.17) is 9.47 Å². The molecule has 0 spiro atoms. The highest BCUT2D eigenvalue weighted by Gasteiger charge is 2.30. The maximum atomic E-state index is 12.8. The number of halogens is 3. The highest BCUT2D eigenvalue weighted by Crippen LogP contribution is 2.39. The summed E-state index contributed by atoms with van der Waals surface area (Å²) in [6.07, 6.45) is 3.98. The van der Waals surface area contributed by atoms with Crippen LogP contribution in [0.1, 0.15) is 65.7 Å². The molecule has 1 N–H and O–H groups in total. The molecule has 0 amide bonds. The highest BCUT2D eigenvalue weighted by atomic mass is 19.4. The molecular weight excluding hydrogens is 433 g/mol. The van der Waals surface area contributed by atoms with Crippen LogP contribution in [-0.2, 0) is 17.3 Å². The predicted octanol–water partition coefficient (Wildman–Crippen LogP) is 6.81. The monoisotopic (exact) mass is 460 g/mol. The van der Waals surface area contributed by atoms with E-state index in [1.807, 2.05) is 19.9 Å². The number of ether oxygens (including phenoxy) is 2. The smallest absolute Gasteiger partial charge is 0.416 e. The molecular formula is C26H27F3O4. The van der Waals surface area contributed by atoms with Crippen LogP contribution in [0.2, 0.25) is 0 Å². The zero-order chi connectivity index (χ0) is 24.2. The Hall–Kier alpha value is -3.22. The number of hydrogen-bond acceptors (Lipinski definition) is 4. The lowest BCUT2D eigenvalue weighted by Crippen LogP contribution is -2.25. The zero-order valence-electron chi connectivity index (χ0n) is 18.8. The molecule has 3 rings (SSSR count). The summed E-state index contributed by atoms with van der Waals surface area (Å²) >= 11 is 0. The Morgan fingerprint density at radius 1 is 1.15 bits per heavy atom.